The van der Waals surface area contributed by atoms with Gasteiger partial charge in [-0.3, -0.25) is 0 Å². The van der Waals surface area contributed by atoms with E-state index in [0.717, 1.165) is 35.1 Å². The maximum atomic E-state index is 5.51. The lowest BCUT2D eigenvalue weighted by Crippen LogP contribution is -2.06. The number of aryl methyl sites for hydroxylation is 1. The molecule has 2 N–H and O–H groups in total. The number of H-pyrrole nitrogens is 1. The summed E-state index contributed by atoms with van der Waals surface area (Å²) in [6, 6.07) is 8.03. The van der Waals surface area contributed by atoms with Gasteiger partial charge in [0.2, 0.25) is 0 Å². The van der Waals surface area contributed by atoms with Crippen LogP contribution in [0, 0.1) is 6.92 Å². The Morgan fingerprint density at radius 2 is 2.22 bits per heavy atom. The maximum Gasteiger partial charge on any atom is 0.121 e. The van der Waals surface area contributed by atoms with Gasteiger partial charge in [-0.1, -0.05) is 12.1 Å². The number of nitrogens with one attached hydrogen (secondary N) is 2. The van der Waals surface area contributed by atoms with Crippen molar-refractivity contribution in [3.63, 3.8) is 0 Å². The third-order valence-electron chi connectivity index (χ3n) is 2.70. The first kappa shape index (κ1) is 12.6. The third kappa shape index (κ3) is 2.71. The number of nitrogens with zero attached hydrogens (tertiary/aromatic N) is 1. The van der Waals surface area contributed by atoms with E-state index in [-0.39, 0.29) is 0 Å². The van der Waals surface area contributed by atoms with E-state index in [1.54, 1.807) is 0 Å². The monoisotopic (exact) mass is 245 g/mol. The Labute approximate surface area is 107 Å². The highest BCUT2D eigenvalue weighted by Gasteiger charge is 2.09. The van der Waals surface area contributed by atoms with E-state index in [1.165, 1.54) is 0 Å². The molecule has 0 aliphatic heterocycles. The van der Waals surface area contributed by atoms with E-state index in [9.17, 15) is 0 Å². The first-order chi connectivity index (χ1) is 8.74. The van der Waals surface area contributed by atoms with Crippen molar-refractivity contribution in [2.45, 2.75) is 20.4 Å². The summed E-state index contributed by atoms with van der Waals surface area (Å²) in [4.78, 5) is 7.88. The summed E-state index contributed by atoms with van der Waals surface area (Å²) < 4.78 is 5.51. The van der Waals surface area contributed by atoms with Crippen molar-refractivity contribution in [2.75, 3.05) is 13.7 Å². The molecule has 0 saturated carbocycles. The van der Waals surface area contributed by atoms with E-state index in [2.05, 4.69) is 21.4 Å². The molecule has 0 atom stereocenters. The summed E-state index contributed by atoms with van der Waals surface area (Å²) in [6.45, 7) is 5.44. The molecule has 0 radical (unpaired) electrons. The average Bonchev–Trinajstić information content (AvgIpc) is 2.72. The number of aromatic nitrogens is 2. The number of benzene rings is 1. The Balaban J connectivity index is 2.32. The average molecular weight is 245 g/mol. The molecule has 0 spiro atoms. The second kappa shape index (κ2) is 5.69. The fourth-order valence-electron chi connectivity index (χ4n) is 1.95. The summed E-state index contributed by atoms with van der Waals surface area (Å²) in [5.41, 5.74) is 3.15. The summed E-state index contributed by atoms with van der Waals surface area (Å²) in [6.07, 6.45) is 0. The highest BCUT2D eigenvalue weighted by molar-refractivity contribution is 5.63. The van der Waals surface area contributed by atoms with Crippen LogP contribution in [0.5, 0.6) is 5.75 Å². The van der Waals surface area contributed by atoms with Gasteiger partial charge in [0, 0.05) is 11.3 Å². The molecule has 0 bridgehead atoms. The Morgan fingerprint density at radius 3 is 2.94 bits per heavy atom. The van der Waals surface area contributed by atoms with Gasteiger partial charge in [-0.25, -0.2) is 4.98 Å². The molecular formula is C14H19N3O. The number of rotatable bonds is 5. The lowest BCUT2D eigenvalue weighted by Gasteiger charge is -2.04. The number of ether oxygens (including phenoxy) is 1. The molecular weight excluding hydrogens is 226 g/mol. The summed E-state index contributed by atoms with van der Waals surface area (Å²) in [5.74, 6) is 1.83. The summed E-state index contributed by atoms with van der Waals surface area (Å²) in [7, 11) is 1.91. The first-order valence-electron chi connectivity index (χ1n) is 6.18. The van der Waals surface area contributed by atoms with Crippen LogP contribution in [0.1, 0.15) is 18.4 Å². The van der Waals surface area contributed by atoms with Crippen LogP contribution in [-0.2, 0) is 6.54 Å². The number of imidazole rings is 1. The van der Waals surface area contributed by atoms with Gasteiger partial charge in [0.1, 0.15) is 11.6 Å². The molecule has 4 nitrogen and oxygen atoms in total. The van der Waals surface area contributed by atoms with Crippen LogP contribution >= 0.6 is 0 Å². The van der Waals surface area contributed by atoms with Crippen molar-refractivity contribution < 1.29 is 4.74 Å². The number of hydrogen-bond donors (Lipinski definition) is 2. The molecule has 0 aliphatic carbocycles. The molecule has 0 unspecified atom stereocenters. The Hall–Kier alpha value is -1.81. The van der Waals surface area contributed by atoms with E-state index in [1.807, 2.05) is 39.1 Å². The predicted octanol–water partition coefficient (Wildman–Crippen LogP) is 2.50. The topological polar surface area (TPSA) is 49.9 Å². The van der Waals surface area contributed by atoms with Crippen molar-refractivity contribution in [1.29, 1.82) is 0 Å². The third-order valence-corrected chi connectivity index (χ3v) is 2.70. The van der Waals surface area contributed by atoms with E-state index >= 15 is 0 Å². The fraction of sp³-hybridized carbons (Fsp3) is 0.357. The quantitative estimate of drug-likeness (QED) is 0.851. The zero-order valence-electron chi connectivity index (χ0n) is 11.1. The van der Waals surface area contributed by atoms with Crippen molar-refractivity contribution in [2.24, 2.45) is 0 Å². The highest BCUT2D eigenvalue weighted by atomic mass is 16.5. The lowest BCUT2D eigenvalue weighted by atomic mass is 10.1. The van der Waals surface area contributed by atoms with Crippen LogP contribution in [0.25, 0.3) is 11.3 Å². The molecule has 0 aliphatic rings. The first-order valence-corrected chi connectivity index (χ1v) is 6.18. The maximum absolute atomic E-state index is 5.51. The van der Waals surface area contributed by atoms with Crippen LogP contribution < -0.4 is 10.1 Å². The largest absolute Gasteiger partial charge is 0.494 e. The van der Waals surface area contributed by atoms with Crippen LogP contribution in [0.15, 0.2) is 24.3 Å². The van der Waals surface area contributed by atoms with E-state index in [4.69, 9.17) is 4.74 Å². The van der Waals surface area contributed by atoms with Crippen molar-refractivity contribution in [1.82, 2.24) is 15.3 Å². The van der Waals surface area contributed by atoms with Crippen LogP contribution in [-0.4, -0.2) is 23.6 Å². The second-order valence-corrected chi connectivity index (χ2v) is 4.15. The van der Waals surface area contributed by atoms with Gasteiger partial charge in [-0.2, -0.15) is 0 Å². The van der Waals surface area contributed by atoms with Crippen molar-refractivity contribution in [3.05, 3.63) is 35.8 Å². The summed E-state index contributed by atoms with van der Waals surface area (Å²) >= 11 is 0. The van der Waals surface area contributed by atoms with Crippen LogP contribution in [0.3, 0.4) is 0 Å². The van der Waals surface area contributed by atoms with Gasteiger partial charge in [0.05, 0.1) is 18.8 Å². The number of hydrogen-bond acceptors (Lipinski definition) is 3. The minimum absolute atomic E-state index is 0.675. The number of aromatic amines is 1. The fourth-order valence-corrected chi connectivity index (χ4v) is 1.95. The van der Waals surface area contributed by atoms with Crippen LogP contribution in [0.2, 0.25) is 0 Å². The minimum Gasteiger partial charge on any atom is -0.494 e. The minimum atomic E-state index is 0.675. The van der Waals surface area contributed by atoms with Crippen LogP contribution in [0.4, 0.5) is 0 Å². The SMILES string of the molecule is CCOc1cccc(-c2nc(CNC)[nH]c2C)c1. The van der Waals surface area contributed by atoms with E-state index < -0.39 is 0 Å². The highest BCUT2D eigenvalue weighted by Crippen LogP contribution is 2.25. The van der Waals surface area contributed by atoms with Gasteiger partial charge < -0.3 is 15.0 Å². The van der Waals surface area contributed by atoms with Crippen molar-refractivity contribution >= 4 is 0 Å². The molecule has 1 aromatic carbocycles. The van der Waals surface area contributed by atoms with Gasteiger partial charge in [-0.15, -0.1) is 0 Å². The van der Waals surface area contributed by atoms with E-state index in [0.29, 0.717) is 6.61 Å². The Morgan fingerprint density at radius 1 is 1.39 bits per heavy atom. The molecule has 0 saturated heterocycles. The van der Waals surface area contributed by atoms with Gasteiger partial charge >= 0.3 is 0 Å². The lowest BCUT2D eigenvalue weighted by molar-refractivity contribution is 0.340. The molecule has 0 amide bonds. The molecule has 4 heteroatoms. The predicted molar refractivity (Wildman–Crippen MR) is 72.7 cm³/mol. The molecule has 96 valence electrons. The zero-order chi connectivity index (χ0) is 13.0. The molecule has 0 fully saturated rings. The molecule has 1 heterocycles. The molecule has 18 heavy (non-hydrogen) atoms. The van der Waals surface area contributed by atoms with Gasteiger partial charge in [0.15, 0.2) is 0 Å². The smallest absolute Gasteiger partial charge is 0.121 e. The molecule has 2 rings (SSSR count). The molecule has 2 aromatic rings. The van der Waals surface area contributed by atoms with Gasteiger partial charge in [0.25, 0.3) is 0 Å². The normalized spacial score (nSPS) is 10.6. The molecule has 1 aromatic heterocycles. The zero-order valence-corrected chi connectivity index (χ0v) is 11.1. The Bertz CT molecular complexity index is 520. The van der Waals surface area contributed by atoms with Gasteiger partial charge in [-0.05, 0) is 33.0 Å². The second-order valence-electron chi connectivity index (χ2n) is 4.15. The summed E-state index contributed by atoms with van der Waals surface area (Å²) in [5, 5.41) is 3.09. The standard InChI is InChI=1S/C14H19N3O/c1-4-18-12-7-5-6-11(8-12)14-10(2)16-13(17-14)9-15-3/h5-8,15H,4,9H2,1-3H3,(H,16,17). The Kier molecular flexibility index (Phi) is 3.99. The van der Waals surface area contributed by atoms with Crippen molar-refractivity contribution in [3.8, 4) is 17.0 Å².